The molecule has 0 aromatic carbocycles. The van der Waals surface area contributed by atoms with Crippen LogP contribution in [0.15, 0.2) is 0 Å². The predicted octanol–water partition coefficient (Wildman–Crippen LogP) is 1.39. The van der Waals surface area contributed by atoms with Gasteiger partial charge in [0.2, 0.25) is 5.91 Å². The summed E-state index contributed by atoms with van der Waals surface area (Å²) in [7, 11) is 1.75. The number of nitrogens with zero attached hydrogens (tertiary/aromatic N) is 1. The summed E-state index contributed by atoms with van der Waals surface area (Å²) in [5, 5.41) is 0. The first-order chi connectivity index (χ1) is 8.17. The zero-order valence-corrected chi connectivity index (χ0v) is 11.2. The van der Waals surface area contributed by atoms with Crippen LogP contribution in [0.2, 0.25) is 0 Å². The fourth-order valence-electron chi connectivity index (χ4n) is 2.30. The number of carbonyl (C=O) groups excluding carboxylic acids is 1. The molecule has 1 fully saturated rings. The lowest BCUT2D eigenvalue weighted by Gasteiger charge is -2.31. The fourth-order valence-corrected chi connectivity index (χ4v) is 2.30. The van der Waals surface area contributed by atoms with Crippen LogP contribution in [0.1, 0.15) is 39.0 Å². The van der Waals surface area contributed by atoms with Crippen LogP contribution in [-0.4, -0.2) is 43.7 Å². The Bertz CT molecular complexity index is 225. The highest BCUT2D eigenvalue weighted by molar-refractivity contribution is 5.76. The molecule has 0 spiro atoms. The number of likely N-dealkylation sites (tertiary alicyclic amines) is 1. The molecule has 1 atom stereocenters. The molecule has 100 valence electrons. The van der Waals surface area contributed by atoms with Crippen molar-refractivity contribution < 1.29 is 9.53 Å². The van der Waals surface area contributed by atoms with E-state index in [4.69, 9.17) is 10.5 Å². The van der Waals surface area contributed by atoms with Gasteiger partial charge in [0.1, 0.15) is 0 Å². The van der Waals surface area contributed by atoms with Crippen molar-refractivity contribution in [3.8, 4) is 0 Å². The molecule has 17 heavy (non-hydrogen) atoms. The summed E-state index contributed by atoms with van der Waals surface area (Å²) >= 11 is 0. The van der Waals surface area contributed by atoms with Crippen molar-refractivity contribution in [2.24, 2.45) is 11.7 Å². The van der Waals surface area contributed by atoms with Crippen LogP contribution in [0.5, 0.6) is 0 Å². The first-order valence-electron chi connectivity index (χ1n) is 6.68. The number of nitrogens with two attached hydrogens (primary N) is 1. The standard InChI is InChI=1S/C13H26N2O2/c1-11(5-8-14)3-4-13(16)15-9-6-12(17-2)7-10-15/h11-12H,3-10,14H2,1-2H3. The smallest absolute Gasteiger partial charge is 0.222 e. The Morgan fingerprint density at radius 2 is 2.06 bits per heavy atom. The van der Waals surface area contributed by atoms with Gasteiger partial charge in [-0.25, -0.2) is 0 Å². The van der Waals surface area contributed by atoms with Crippen LogP contribution in [0.3, 0.4) is 0 Å². The second kappa shape index (κ2) is 7.67. The summed E-state index contributed by atoms with van der Waals surface area (Å²) in [4.78, 5) is 13.9. The van der Waals surface area contributed by atoms with Crippen LogP contribution < -0.4 is 5.73 Å². The molecular formula is C13H26N2O2. The maximum Gasteiger partial charge on any atom is 0.222 e. The molecule has 1 unspecified atom stereocenters. The topological polar surface area (TPSA) is 55.6 Å². The number of carbonyl (C=O) groups is 1. The molecule has 1 heterocycles. The minimum Gasteiger partial charge on any atom is -0.381 e. The number of hydrogen-bond acceptors (Lipinski definition) is 3. The fraction of sp³-hybridized carbons (Fsp3) is 0.923. The first kappa shape index (κ1) is 14.5. The monoisotopic (exact) mass is 242 g/mol. The van der Waals surface area contributed by atoms with Gasteiger partial charge in [-0.1, -0.05) is 6.92 Å². The van der Waals surface area contributed by atoms with E-state index in [9.17, 15) is 4.79 Å². The SMILES string of the molecule is COC1CCN(C(=O)CCC(C)CCN)CC1. The van der Waals surface area contributed by atoms with Gasteiger partial charge in [-0.05, 0) is 38.1 Å². The van der Waals surface area contributed by atoms with Crippen molar-refractivity contribution in [3.63, 3.8) is 0 Å². The van der Waals surface area contributed by atoms with E-state index < -0.39 is 0 Å². The van der Waals surface area contributed by atoms with E-state index in [0.29, 0.717) is 30.9 Å². The van der Waals surface area contributed by atoms with E-state index in [2.05, 4.69) is 6.92 Å². The van der Waals surface area contributed by atoms with Crippen molar-refractivity contribution in [3.05, 3.63) is 0 Å². The molecule has 1 saturated heterocycles. The van der Waals surface area contributed by atoms with Crippen LogP contribution in [0, 0.1) is 5.92 Å². The molecule has 0 radical (unpaired) electrons. The van der Waals surface area contributed by atoms with E-state index in [-0.39, 0.29) is 0 Å². The Morgan fingerprint density at radius 3 is 2.59 bits per heavy atom. The lowest BCUT2D eigenvalue weighted by Crippen LogP contribution is -2.40. The van der Waals surface area contributed by atoms with Gasteiger partial charge in [0, 0.05) is 26.6 Å². The third-order valence-electron chi connectivity index (χ3n) is 3.64. The molecule has 0 aromatic rings. The lowest BCUT2D eigenvalue weighted by molar-refractivity contribution is -0.133. The predicted molar refractivity (Wildman–Crippen MR) is 68.7 cm³/mol. The van der Waals surface area contributed by atoms with Crippen molar-refractivity contribution in [1.82, 2.24) is 4.90 Å². The first-order valence-corrected chi connectivity index (χ1v) is 6.68. The average Bonchev–Trinajstić information content (AvgIpc) is 2.36. The molecule has 0 aromatic heterocycles. The number of amides is 1. The Hall–Kier alpha value is -0.610. The molecule has 4 nitrogen and oxygen atoms in total. The summed E-state index contributed by atoms with van der Waals surface area (Å²) < 4.78 is 5.30. The molecule has 1 aliphatic rings. The molecule has 2 N–H and O–H groups in total. The van der Waals surface area contributed by atoms with Gasteiger partial charge in [0.15, 0.2) is 0 Å². The minimum absolute atomic E-state index is 0.295. The molecule has 0 aliphatic carbocycles. The van der Waals surface area contributed by atoms with E-state index in [1.54, 1.807) is 7.11 Å². The highest BCUT2D eigenvalue weighted by atomic mass is 16.5. The average molecular weight is 242 g/mol. The Kier molecular flexibility index (Phi) is 6.52. The Morgan fingerprint density at radius 1 is 1.41 bits per heavy atom. The lowest BCUT2D eigenvalue weighted by atomic mass is 10.0. The summed E-state index contributed by atoms with van der Waals surface area (Å²) in [5.41, 5.74) is 5.50. The van der Waals surface area contributed by atoms with Crippen LogP contribution in [0.4, 0.5) is 0 Å². The maximum absolute atomic E-state index is 12.0. The van der Waals surface area contributed by atoms with E-state index in [1.165, 1.54) is 0 Å². The number of ether oxygens (including phenoxy) is 1. The number of methoxy groups -OCH3 is 1. The van der Waals surface area contributed by atoms with Gasteiger partial charge < -0.3 is 15.4 Å². The van der Waals surface area contributed by atoms with Gasteiger partial charge >= 0.3 is 0 Å². The summed E-state index contributed by atoms with van der Waals surface area (Å²) in [6, 6.07) is 0. The molecule has 0 saturated carbocycles. The van der Waals surface area contributed by atoms with E-state index in [0.717, 1.165) is 38.8 Å². The Balaban J connectivity index is 2.20. The quantitative estimate of drug-likeness (QED) is 0.765. The van der Waals surface area contributed by atoms with Gasteiger partial charge in [0.25, 0.3) is 0 Å². The van der Waals surface area contributed by atoms with Crippen molar-refractivity contribution in [2.45, 2.75) is 45.1 Å². The molecule has 1 amide bonds. The zero-order valence-electron chi connectivity index (χ0n) is 11.2. The zero-order chi connectivity index (χ0) is 12.7. The minimum atomic E-state index is 0.295. The van der Waals surface area contributed by atoms with Crippen LogP contribution >= 0.6 is 0 Å². The second-order valence-electron chi connectivity index (χ2n) is 5.04. The second-order valence-corrected chi connectivity index (χ2v) is 5.04. The molecular weight excluding hydrogens is 216 g/mol. The van der Waals surface area contributed by atoms with Crippen molar-refractivity contribution >= 4 is 5.91 Å². The largest absolute Gasteiger partial charge is 0.381 e. The summed E-state index contributed by atoms with van der Waals surface area (Å²) in [6.07, 6.45) is 4.93. The number of piperidine rings is 1. The summed E-state index contributed by atoms with van der Waals surface area (Å²) in [5.74, 6) is 0.851. The Labute approximate surface area is 104 Å². The molecule has 1 rings (SSSR count). The molecule has 4 heteroatoms. The van der Waals surface area contributed by atoms with Crippen LogP contribution in [0.25, 0.3) is 0 Å². The molecule has 0 bridgehead atoms. The van der Waals surface area contributed by atoms with Crippen LogP contribution in [-0.2, 0) is 9.53 Å². The third-order valence-corrected chi connectivity index (χ3v) is 3.64. The van der Waals surface area contributed by atoms with Gasteiger partial charge in [-0.15, -0.1) is 0 Å². The van der Waals surface area contributed by atoms with Gasteiger partial charge in [0.05, 0.1) is 6.10 Å². The maximum atomic E-state index is 12.0. The highest BCUT2D eigenvalue weighted by Gasteiger charge is 2.22. The van der Waals surface area contributed by atoms with E-state index >= 15 is 0 Å². The number of rotatable bonds is 6. The van der Waals surface area contributed by atoms with Gasteiger partial charge in [-0.2, -0.15) is 0 Å². The van der Waals surface area contributed by atoms with Gasteiger partial charge in [-0.3, -0.25) is 4.79 Å². The number of hydrogen-bond donors (Lipinski definition) is 1. The van der Waals surface area contributed by atoms with Crippen molar-refractivity contribution in [1.29, 1.82) is 0 Å². The third kappa shape index (κ3) is 5.04. The van der Waals surface area contributed by atoms with E-state index in [1.807, 2.05) is 4.90 Å². The normalized spacial score (nSPS) is 19.4. The highest BCUT2D eigenvalue weighted by Crippen LogP contribution is 2.16. The molecule has 1 aliphatic heterocycles. The van der Waals surface area contributed by atoms with Crippen molar-refractivity contribution in [2.75, 3.05) is 26.7 Å². The summed E-state index contributed by atoms with van der Waals surface area (Å²) in [6.45, 7) is 4.58.